The lowest BCUT2D eigenvalue weighted by Crippen LogP contribution is -2.30. The third kappa shape index (κ3) is 3.16. The lowest BCUT2D eigenvalue weighted by atomic mass is 10.0. The molecule has 1 aliphatic rings. The summed E-state index contributed by atoms with van der Waals surface area (Å²) in [5.74, 6) is -0.276. The summed E-state index contributed by atoms with van der Waals surface area (Å²) < 4.78 is 15.8. The van der Waals surface area contributed by atoms with E-state index in [0.29, 0.717) is 0 Å². The molecule has 4 rings (SSSR count). The third-order valence-electron chi connectivity index (χ3n) is 5.13. The maximum atomic E-state index is 13.4. The van der Waals surface area contributed by atoms with E-state index < -0.39 is 0 Å². The van der Waals surface area contributed by atoms with Gasteiger partial charge in [0.15, 0.2) is 0 Å². The van der Waals surface area contributed by atoms with Crippen molar-refractivity contribution < 1.29 is 4.39 Å². The molecule has 0 bridgehead atoms. The minimum atomic E-state index is -0.276. The first-order chi connectivity index (χ1) is 12.2. The van der Waals surface area contributed by atoms with Crippen LogP contribution in [0.25, 0.3) is 10.9 Å². The maximum Gasteiger partial charge on any atom is 0.141 e. The fourth-order valence-electron chi connectivity index (χ4n) is 3.84. The molecule has 0 fully saturated rings. The molecule has 3 heterocycles. The van der Waals surface area contributed by atoms with Crippen molar-refractivity contribution in [1.29, 1.82) is 0 Å². The Labute approximate surface area is 152 Å². The second-order valence-electron chi connectivity index (χ2n) is 6.62. The number of likely N-dealkylation sites (N-methyl/N-ethyl adjacent to an activating group) is 1. The number of aromatic nitrogens is 2. The first kappa shape index (κ1) is 16.6. The predicted molar refractivity (Wildman–Crippen MR) is 99.5 cm³/mol. The molecule has 25 heavy (non-hydrogen) atoms. The SMILES string of the molecule is CCN1CCc2c(c3cc(Cl)ccc3n2CCc2cncc(F)c2)C1. The number of nitrogens with zero attached hydrogens (tertiary/aromatic N) is 3. The van der Waals surface area contributed by atoms with Gasteiger partial charge in [-0.25, -0.2) is 4.39 Å². The van der Waals surface area contributed by atoms with Crippen LogP contribution in [0.15, 0.2) is 36.7 Å². The maximum absolute atomic E-state index is 13.4. The topological polar surface area (TPSA) is 21.1 Å². The van der Waals surface area contributed by atoms with Gasteiger partial charge in [-0.2, -0.15) is 0 Å². The van der Waals surface area contributed by atoms with Gasteiger partial charge in [-0.3, -0.25) is 9.88 Å². The molecule has 0 radical (unpaired) electrons. The fraction of sp³-hybridized carbons (Fsp3) is 0.350. The molecule has 0 spiro atoms. The van der Waals surface area contributed by atoms with Crippen molar-refractivity contribution in [2.45, 2.75) is 32.9 Å². The Morgan fingerprint density at radius 2 is 2.12 bits per heavy atom. The molecule has 0 saturated carbocycles. The number of fused-ring (bicyclic) bond motifs is 3. The normalized spacial score (nSPS) is 14.8. The first-order valence-corrected chi connectivity index (χ1v) is 9.14. The van der Waals surface area contributed by atoms with Gasteiger partial charge in [0.05, 0.1) is 6.20 Å². The molecule has 0 saturated heterocycles. The molecule has 0 unspecified atom stereocenters. The number of aryl methyl sites for hydroxylation is 2. The molecule has 0 N–H and O–H groups in total. The highest BCUT2D eigenvalue weighted by Gasteiger charge is 2.23. The molecule has 0 atom stereocenters. The van der Waals surface area contributed by atoms with Crippen molar-refractivity contribution >= 4 is 22.5 Å². The van der Waals surface area contributed by atoms with Gasteiger partial charge in [-0.05, 0) is 48.4 Å². The van der Waals surface area contributed by atoms with E-state index in [1.165, 1.54) is 28.4 Å². The van der Waals surface area contributed by atoms with E-state index in [-0.39, 0.29) is 5.82 Å². The molecular weight excluding hydrogens is 337 g/mol. The number of pyridine rings is 1. The zero-order valence-corrected chi connectivity index (χ0v) is 15.1. The summed E-state index contributed by atoms with van der Waals surface area (Å²) in [5.41, 5.74) is 4.93. The minimum absolute atomic E-state index is 0.276. The summed E-state index contributed by atoms with van der Waals surface area (Å²) in [7, 11) is 0. The van der Waals surface area contributed by atoms with Gasteiger partial charge in [0.25, 0.3) is 0 Å². The molecule has 130 valence electrons. The van der Waals surface area contributed by atoms with Crippen LogP contribution in [0.5, 0.6) is 0 Å². The molecule has 0 amide bonds. The van der Waals surface area contributed by atoms with Crippen LogP contribution in [0.1, 0.15) is 23.7 Å². The van der Waals surface area contributed by atoms with Gasteiger partial charge in [0, 0.05) is 53.9 Å². The fourth-order valence-corrected chi connectivity index (χ4v) is 4.01. The van der Waals surface area contributed by atoms with Crippen molar-refractivity contribution in [1.82, 2.24) is 14.5 Å². The second-order valence-corrected chi connectivity index (χ2v) is 7.05. The van der Waals surface area contributed by atoms with Crippen LogP contribution in [0, 0.1) is 5.82 Å². The van der Waals surface area contributed by atoms with Crippen LogP contribution >= 0.6 is 11.6 Å². The number of halogens is 2. The smallest absolute Gasteiger partial charge is 0.141 e. The molecule has 3 nitrogen and oxygen atoms in total. The van der Waals surface area contributed by atoms with Crippen LogP contribution in [-0.4, -0.2) is 27.5 Å². The first-order valence-electron chi connectivity index (χ1n) is 8.77. The summed E-state index contributed by atoms with van der Waals surface area (Å²) in [6.45, 7) is 6.13. The van der Waals surface area contributed by atoms with E-state index >= 15 is 0 Å². The Morgan fingerprint density at radius 3 is 2.92 bits per heavy atom. The van der Waals surface area contributed by atoms with Gasteiger partial charge in [-0.1, -0.05) is 18.5 Å². The van der Waals surface area contributed by atoms with Gasteiger partial charge >= 0.3 is 0 Å². The van der Waals surface area contributed by atoms with Crippen LogP contribution in [0.4, 0.5) is 4.39 Å². The monoisotopic (exact) mass is 357 g/mol. The van der Waals surface area contributed by atoms with Gasteiger partial charge in [-0.15, -0.1) is 0 Å². The quantitative estimate of drug-likeness (QED) is 0.687. The Bertz CT molecular complexity index is 919. The highest BCUT2D eigenvalue weighted by atomic mass is 35.5. The highest BCUT2D eigenvalue weighted by molar-refractivity contribution is 6.31. The Hall–Kier alpha value is -1.91. The zero-order valence-electron chi connectivity index (χ0n) is 14.3. The van der Waals surface area contributed by atoms with E-state index in [9.17, 15) is 4.39 Å². The lowest BCUT2D eigenvalue weighted by molar-refractivity contribution is 0.265. The summed E-state index contributed by atoms with van der Waals surface area (Å²) in [4.78, 5) is 6.42. The van der Waals surface area contributed by atoms with E-state index in [1.54, 1.807) is 12.3 Å². The van der Waals surface area contributed by atoms with Gasteiger partial charge < -0.3 is 4.57 Å². The Morgan fingerprint density at radius 1 is 1.24 bits per heavy atom. The summed E-state index contributed by atoms with van der Waals surface area (Å²) in [6.07, 6.45) is 4.80. The van der Waals surface area contributed by atoms with Crippen LogP contribution in [-0.2, 0) is 25.9 Å². The number of benzene rings is 1. The molecule has 0 aliphatic carbocycles. The zero-order chi connectivity index (χ0) is 17.4. The van der Waals surface area contributed by atoms with E-state index in [2.05, 4.69) is 33.5 Å². The summed E-state index contributed by atoms with van der Waals surface area (Å²) in [6, 6.07) is 7.71. The van der Waals surface area contributed by atoms with Crippen molar-refractivity contribution in [3.63, 3.8) is 0 Å². The van der Waals surface area contributed by atoms with Gasteiger partial charge in [0.1, 0.15) is 5.82 Å². The molecule has 5 heteroatoms. The Balaban J connectivity index is 1.73. The van der Waals surface area contributed by atoms with E-state index in [4.69, 9.17) is 11.6 Å². The third-order valence-corrected chi connectivity index (χ3v) is 5.36. The number of hydrogen-bond acceptors (Lipinski definition) is 2. The predicted octanol–water partition coefficient (Wildman–Crippen LogP) is 4.45. The lowest BCUT2D eigenvalue weighted by Gasteiger charge is -2.27. The molecule has 3 aromatic rings. The van der Waals surface area contributed by atoms with Crippen molar-refractivity contribution in [3.05, 3.63) is 64.3 Å². The summed E-state index contributed by atoms with van der Waals surface area (Å²) in [5, 5.41) is 2.02. The average Bonchev–Trinajstić information content (AvgIpc) is 2.92. The number of rotatable bonds is 4. The number of hydrogen-bond donors (Lipinski definition) is 0. The van der Waals surface area contributed by atoms with Crippen LogP contribution in [0.2, 0.25) is 5.02 Å². The van der Waals surface area contributed by atoms with Crippen LogP contribution in [0.3, 0.4) is 0 Å². The Kier molecular flexibility index (Phi) is 4.48. The standard InChI is InChI=1S/C20H21ClFN3/c1-2-24-7-6-20-18(13-24)17-10-15(21)3-4-19(17)25(20)8-5-14-9-16(22)12-23-11-14/h3-4,9-12H,2,5-8,13H2,1H3. The minimum Gasteiger partial charge on any atom is -0.344 e. The van der Waals surface area contributed by atoms with Crippen molar-refractivity contribution in [2.24, 2.45) is 0 Å². The molecule has 2 aromatic heterocycles. The van der Waals surface area contributed by atoms with Crippen LogP contribution < -0.4 is 0 Å². The molecular formula is C20H21ClFN3. The van der Waals surface area contributed by atoms with Gasteiger partial charge in [0.2, 0.25) is 0 Å². The second kappa shape index (κ2) is 6.77. The van der Waals surface area contributed by atoms with Crippen molar-refractivity contribution in [2.75, 3.05) is 13.1 Å². The largest absolute Gasteiger partial charge is 0.344 e. The molecule has 1 aliphatic heterocycles. The summed E-state index contributed by atoms with van der Waals surface area (Å²) >= 11 is 6.26. The highest BCUT2D eigenvalue weighted by Crippen LogP contribution is 2.33. The van der Waals surface area contributed by atoms with E-state index in [0.717, 1.165) is 49.6 Å². The van der Waals surface area contributed by atoms with E-state index in [1.807, 2.05) is 6.07 Å². The molecule has 1 aromatic carbocycles. The van der Waals surface area contributed by atoms with Crippen molar-refractivity contribution in [3.8, 4) is 0 Å². The average molecular weight is 358 g/mol.